The van der Waals surface area contributed by atoms with Gasteiger partial charge in [-0.25, -0.2) is 9.48 Å². The fourth-order valence-corrected chi connectivity index (χ4v) is 2.84. The Balaban J connectivity index is 1.95. The Morgan fingerprint density at radius 2 is 2.08 bits per heavy atom. The van der Waals surface area contributed by atoms with E-state index < -0.39 is 17.1 Å². The van der Waals surface area contributed by atoms with Gasteiger partial charge in [0.05, 0.1) is 21.8 Å². The van der Waals surface area contributed by atoms with Gasteiger partial charge in [-0.2, -0.15) is 0 Å². The number of aromatic nitrogens is 4. The second kappa shape index (κ2) is 7.14. The van der Waals surface area contributed by atoms with E-state index in [-0.39, 0.29) is 29.0 Å². The molecule has 0 spiro atoms. The Labute approximate surface area is 155 Å². The zero-order valence-electron chi connectivity index (χ0n) is 13.0. The van der Waals surface area contributed by atoms with Crippen molar-refractivity contribution in [2.24, 2.45) is 0 Å². The van der Waals surface area contributed by atoms with E-state index in [0.717, 1.165) is 0 Å². The molecule has 0 saturated heterocycles. The van der Waals surface area contributed by atoms with Crippen LogP contribution in [0.4, 0.5) is 0 Å². The maximum Gasteiger partial charge on any atom is 0.341 e. The molecule has 0 aliphatic carbocycles. The molecule has 1 aromatic carbocycles. The van der Waals surface area contributed by atoms with Gasteiger partial charge >= 0.3 is 5.97 Å². The van der Waals surface area contributed by atoms with Gasteiger partial charge in [0.15, 0.2) is 0 Å². The number of carbonyl (C=O) groups excluding carboxylic acids is 1. The smallest absolute Gasteiger partial charge is 0.341 e. The van der Waals surface area contributed by atoms with Crippen molar-refractivity contribution in [2.45, 2.75) is 13.1 Å². The molecule has 0 fully saturated rings. The van der Waals surface area contributed by atoms with Crippen molar-refractivity contribution < 1.29 is 14.7 Å². The number of pyridine rings is 1. The largest absolute Gasteiger partial charge is 0.477 e. The normalized spacial score (nSPS) is 10.8. The summed E-state index contributed by atoms with van der Waals surface area (Å²) >= 11 is 12.3. The topological polar surface area (TPSA) is 130 Å². The first-order chi connectivity index (χ1) is 12.4. The van der Waals surface area contributed by atoms with Gasteiger partial charge in [-0.15, -0.1) is 5.10 Å². The highest BCUT2D eigenvalue weighted by atomic mass is 35.5. The number of carbonyl (C=O) groups is 2. The van der Waals surface area contributed by atoms with Crippen LogP contribution >= 0.6 is 23.2 Å². The van der Waals surface area contributed by atoms with Crippen molar-refractivity contribution in [3.8, 4) is 0 Å². The minimum atomic E-state index is -1.36. The van der Waals surface area contributed by atoms with E-state index in [4.69, 9.17) is 28.3 Å². The van der Waals surface area contributed by atoms with Crippen molar-refractivity contribution in [1.29, 1.82) is 0 Å². The number of aromatic amines is 1. The summed E-state index contributed by atoms with van der Waals surface area (Å²) in [7, 11) is 0. The molecule has 3 aromatic rings. The van der Waals surface area contributed by atoms with Gasteiger partial charge in [-0.3, -0.25) is 9.59 Å². The maximum atomic E-state index is 12.0. The third-order valence-electron chi connectivity index (χ3n) is 3.60. The fourth-order valence-electron chi connectivity index (χ4n) is 2.40. The zero-order chi connectivity index (χ0) is 18.8. The molecular formula is C15H11Cl2N5O4. The lowest BCUT2D eigenvalue weighted by atomic mass is 10.1. The standard InChI is InChI=1S/C15H11Cl2N5O4/c16-10-4-7-3-8(15(25)26)14(24)20-13(7)9(12(10)17)5-18-11(23)6-22-2-1-19-21-22/h1-4H,5-6H2,(H,18,23)(H,20,24)(H,25,26). The van der Waals surface area contributed by atoms with Crippen LogP contribution in [0.5, 0.6) is 0 Å². The molecule has 3 N–H and O–H groups in total. The molecule has 0 atom stereocenters. The van der Waals surface area contributed by atoms with Crippen LogP contribution in [0.25, 0.3) is 10.9 Å². The van der Waals surface area contributed by atoms with Crippen LogP contribution in [0.1, 0.15) is 15.9 Å². The summed E-state index contributed by atoms with van der Waals surface area (Å²) in [6.07, 6.45) is 2.98. The van der Waals surface area contributed by atoms with Gasteiger partial charge in [-0.1, -0.05) is 28.4 Å². The summed E-state index contributed by atoms with van der Waals surface area (Å²) in [5, 5.41) is 19.7. The van der Waals surface area contributed by atoms with E-state index in [2.05, 4.69) is 20.6 Å². The minimum Gasteiger partial charge on any atom is -0.477 e. The Kier molecular flexibility index (Phi) is 4.92. The third-order valence-corrected chi connectivity index (χ3v) is 4.43. The summed E-state index contributed by atoms with van der Waals surface area (Å²) in [4.78, 5) is 37.6. The van der Waals surface area contributed by atoms with Gasteiger partial charge in [-0.05, 0) is 12.1 Å². The Morgan fingerprint density at radius 3 is 2.73 bits per heavy atom. The lowest BCUT2D eigenvalue weighted by Gasteiger charge is -2.12. The van der Waals surface area contributed by atoms with Gasteiger partial charge in [0, 0.05) is 23.7 Å². The SMILES string of the molecule is O=C(Cn1ccnn1)NCc1c(Cl)c(Cl)cc2cc(C(=O)O)c(=O)[nH]c12. The van der Waals surface area contributed by atoms with Gasteiger partial charge in [0.1, 0.15) is 12.1 Å². The van der Waals surface area contributed by atoms with Crippen LogP contribution in [0.15, 0.2) is 29.3 Å². The van der Waals surface area contributed by atoms with Crippen LogP contribution in [-0.4, -0.2) is 37.0 Å². The number of nitrogens with zero attached hydrogens (tertiary/aromatic N) is 3. The molecule has 2 aromatic heterocycles. The Morgan fingerprint density at radius 1 is 1.31 bits per heavy atom. The van der Waals surface area contributed by atoms with E-state index in [9.17, 15) is 14.4 Å². The summed E-state index contributed by atoms with van der Waals surface area (Å²) in [5.41, 5.74) is -0.527. The molecule has 1 amide bonds. The van der Waals surface area contributed by atoms with Crippen LogP contribution in [0.2, 0.25) is 10.0 Å². The average molecular weight is 396 g/mol. The van der Waals surface area contributed by atoms with Crippen LogP contribution in [0, 0.1) is 0 Å². The predicted molar refractivity (Wildman–Crippen MR) is 93.4 cm³/mol. The number of amides is 1. The first kappa shape index (κ1) is 17.9. The summed E-state index contributed by atoms with van der Waals surface area (Å²) in [6.45, 7) is -0.0679. The van der Waals surface area contributed by atoms with Crippen molar-refractivity contribution in [3.05, 3.63) is 56.1 Å². The van der Waals surface area contributed by atoms with Crippen LogP contribution in [-0.2, 0) is 17.9 Å². The van der Waals surface area contributed by atoms with Crippen molar-refractivity contribution >= 4 is 46.0 Å². The van der Waals surface area contributed by atoms with Crippen LogP contribution < -0.4 is 10.9 Å². The molecule has 9 nitrogen and oxygen atoms in total. The highest BCUT2D eigenvalue weighted by Gasteiger charge is 2.17. The monoisotopic (exact) mass is 395 g/mol. The first-order valence-corrected chi connectivity index (χ1v) is 8.00. The van der Waals surface area contributed by atoms with E-state index in [0.29, 0.717) is 16.5 Å². The van der Waals surface area contributed by atoms with Crippen LogP contribution in [0.3, 0.4) is 0 Å². The van der Waals surface area contributed by atoms with E-state index >= 15 is 0 Å². The number of nitrogens with one attached hydrogen (secondary N) is 2. The number of aromatic carboxylic acids is 1. The number of benzene rings is 1. The maximum absolute atomic E-state index is 12.0. The quantitative estimate of drug-likeness (QED) is 0.599. The summed E-state index contributed by atoms with van der Waals surface area (Å²) < 4.78 is 1.34. The van der Waals surface area contributed by atoms with Crippen molar-refractivity contribution in [2.75, 3.05) is 0 Å². The number of carboxylic acid groups (broad SMARTS) is 1. The lowest BCUT2D eigenvalue weighted by molar-refractivity contribution is -0.122. The Bertz CT molecular complexity index is 1060. The molecule has 0 aliphatic rings. The molecule has 2 heterocycles. The molecular weight excluding hydrogens is 385 g/mol. The number of fused-ring (bicyclic) bond motifs is 1. The van der Waals surface area contributed by atoms with Gasteiger partial charge < -0.3 is 15.4 Å². The van der Waals surface area contributed by atoms with Crippen molar-refractivity contribution in [1.82, 2.24) is 25.3 Å². The summed E-state index contributed by atoms with van der Waals surface area (Å²) in [5.74, 6) is -1.72. The highest BCUT2D eigenvalue weighted by molar-refractivity contribution is 6.43. The zero-order valence-corrected chi connectivity index (χ0v) is 14.5. The molecule has 3 rings (SSSR count). The molecule has 0 aliphatic heterocycles. The predicted octanol–water partition coefficient (Wildman–Crippen LogP) is 1.44. The molecule has 0 bridgehead atoms. The molecule has 11 heteroatoms. The van der Waals surface area contributed by atoms with Gasteiger partial charge in [0.25, 0.3) is 5.56 Å². The summed E-state index contributed by atoms with van der Waals surface area (Å²) in [6, 6.07) is 2.65. The number of halogens is 2. The Hall–Kier alpha value is -2.91. The van der Waals surface area contributed by atoms with E-state index in [1.165, 1.54) is 29.2 Å². The highest BCUT2D eigenvalue weighted by Crippen LogP contribution is 2.32. The van der Waals surface area contributed by atoms with Gasteiger partial charge in [0.2, 0.25) is 5.91 Å². The third kappa shape index (κ3) is 3.53. The van der Waals surface area contributed by atoms with Crippen molar-refractivity contribution in [3.63, 3.8) is 0 Å². The molecule has 0 saturated carbocycles. The number of rotatable bonds is 5. The molecule has 134 valence electrons. The number of H-pyrrole nitrogens is 1. The number of hydrogen-bond donors (Lipinski definition) is 3. The number of hydrogen-bond acceptors (Lipinski definition) is 5. The minimum absolute atomic E-state index is 0.0220. The number of carboxylic acids is 1. The first-order valence-electron chi connectivity index (χ1n) is 7.25. The van der Waals surface area contributed by atoms with E-state index in [1.54, 1.807) is 0 Å². The van der Waals surface area contributed by atoms with E-state index in [1.807, 2.05) is 0 Å². The lowest BCUT2D eigenvalue weighted by Crippen LogP contribution is -2.28. The average Bonchev–Trinajstić information content (AvgIpc) is 3.08. The molecule has 26 heavy (non-hydrogen) atoms. The molecule has 0 unspecified atom stereocenters. The fraction of sp³-hybridized carbons (Fsp3) is 0.133. The molecule has 0 radical (unpaired) electrons. The second-order valence-electron chi connectivity index (χ2n) is 5.31. The second-order valence-corrected chi connectivity index (χ2v) is 6.09.